The number of nitrogens with one attached hydrogen (secondary N) is 1. The Morgan fingerprint density at radius 3 is 3.06 bits per heavy atom. The molecule has 1 heterocycles. The summed E-state index contributed by atoms with van der Waals surface area (Å²) in [6.45, 7) is 0. The number of H-pyrrole nitrogens is 1. The first-order valence-corrected chi connectivity index (χ1v) is 6.06. The molecule has 16 heavy (non-hydrogen) atoms. The molecule has 0 spiro atoms. The van der Waals surface area contributed by atoms with Crippen LogP contribution in [0.25, 0.3) is 11.0 Å². The molecular weight excluding hydrogens is 250 g/mol. The highest BCUT2D eigenvalue weighted by atomic mass is 35.5. The smallest absolute Gasteiger partial charge is 0.297 e. The van der Waals surface area contributed by atoms with E-state index < -0.39 is 4.92 Å². The van der Waals surface area contributed by atoms with Gasteiger partial charge in [-0.3, -0.25) is 10.1 Å². The quantitative estimate of drug-likeness (QED) is 0.396. The predicted molar refractivity (Wildman–Crippen MR) is 64.2 cm³/mol. The van der Waals surface area contributed by atoms with Crippen LogP contribution in [0.2, 0.25) is 0 Å². The Kier molecular flexibility index (Phi) is 3.31. The minimum Gasteiger partial charge on any atom is -0.333 e. The van der Waals surface area contributed by atoms with Gasteiger partial charge < -0.3 is 4.98 Å². The Bertz CT molecular complexity index is 528. The lowest BCUT2D eigenvalue weighted by molar-refractivity contribution is -0.383. The summed E-state index contributed by atoms with van der Waals surface area (Å²) < 4.78 is 0. The van der Waals surface area contributed by atoms with Crippen LogP contribution in [0.4, 0.5) is 5.69 Å². The third kappa shape index (κ3) is 2.12. The van der Waals surface area contributed by atoms with Crippen LogP contribution in [0.5, 0.6) is 0 Å². The van der Waals surface area contributed by atoms with Crippen molar-refractivity contribution in [2.24, 2.45) is 0 Å². The number of rotatable bonds is 4. The molecule has 0 bridgehead atoms. The molecule has 5 nitrogen and oxygen atoms in total. The second kappa shape index (κ2) is 4.71. The minimum absolute atomic E-state index is 0.0199. The molecule has 1 N–H and O–H groups in total. The number of non-ortho nitro benzene ring substituents is 1. The van der Waals surface area contributed by atoms with Gasteiger partial charge in [-0.2, -0.15) is 0 Å². The summed E-state index contributed by atoms with van der Waals surface area (Å²) in [7, 11) is 0. The molecule has 0 saturated heterocycles. The van der Waals surface area contributed by atoms with E-state index in [1.165, 1.54) is 17.8 Å². The van der Waals surface area contributed by atoms with Gasteiger partial charge in [-0.05, 0) is 6.07 Å². The summed E-state index contributed by atoms with van der Waals surface area (Å²) >= 11 is 7.01. The second-order valence-corrected chi connectivity index (χ2v) is 4.47. The molecule has 0 radical (unpaired) electrons. The molecule has 2 rings (SSSR count). The Balaban J connectivity index is 2.44. The molecule has 1 aromatic heterocycles. The summed E-state index contributed by atoms with van der Waals surface area (Å²) in [5.74, 6) is 1.24. The number of hydrogen-bond donors (Lipinski definition) is 1. The SMILES string of the molecule is O=[N+]([O-])c1cccc2[nH]c(SCCCl)nc12. The minimum atomic E-state index is -0.431. The number of benzene rings is 1. The van der Waals surface area contributed by atoms with Crippen LogP contribution in [-0.2, 0) is 0 Å². The van der Waals surface area contributed by atoms with Gasteiger partial charge in [0, 0.05) is 17.7 Å². The van der Waals surface area contributed by atoms with E-state index in [4.69, 9.17) is 11.6 Å². The van der Waals surface area contributed by atoms with Gasteiger partial charge in [0.25, 0.3) is 5.69 Å². The topological polar surface area (TPSA) is 71.8 Å². The van der Waals surface area contributed by atoms with E-state index in [2.05, 4.69) is 9.97 Å². The molecule has 7 heteroatoms. The first-order valence-electron chi connectivity index (χ1n) is 4.54. The van der Waals surface area contributed by atoms with Crippen molar-refractivity contribution in [3.63, 3.8) is 0 Å². The summed E-state index contributed by atoms with van der Waals surface area (Å²) in [4.78, 5) is 17.5. The molecule has 0 aliphatic rings. The number of hydrogen-bond acceptors (Lipinski definition) is 4. The fraction of sp³-hybridized carbons (Fsp3) is 0.222. The van der Waals surface area contributed by atoms with Gasteiger partial charge in [0.1, 0.15) is 0 Å². The Morgan fingerprint density at radius 2 is 2.38 bits per heavy atom. The van der Waals surface area contributed by atoms with E-state index in [0.717, 1.165) is 5.75 Å². The molecule has 0 saturated carbocycles. The van der Waals surface area contributed by atoms with Crippen LogP contribution >= 0.6 is 23.4 Å². The number of nitrogens with zero attached hydrogens (tertiary/aromatic N) is 2. The number of para-hydroxylation sites is 1. The molecule has 0 amide bonds. The molecule has 0 aliphatic carbocycles. The molecule has 84 valence electrons. The fourth-order valence-corrected chi connectivity index (χ4v) is 2.19. The van der Waals surface area contributed by atoms with Gasteiger partial charge in [0.15, 0.2) is 10.7 Å². The van der Waals surface area contributed by atoms with Crippen LogP contribution in [0.1, 0.15) is 0 Å². The molecule has 2 aromatic rings. The zero-order valence-corrected chi connectivity index (χ0v) is 9.72. The molecule has 0 fully saturated rings. The van der Waals surface area contributed by atoms with Gasteiger partial charge in [0.2, 0.25) is 0 Å². The van der Waals surface area contributed by atoms with Gasteiger partial charge in [0.05, 0.1) is 10.4 Å². The van der Waals surface area contributed by atoms with E-state index in [-0.39, 0.29) is 5.69 Å². The van der Waals surface area contributed by atoms with E-state index in [1.807, 2.05) is 0 Å². The highest BCUT2D eigenvalue weighted by Crippen LogP contribution is 2.26. The first kappa shape index (κ1) is 11.2. The lowest BCUT2D eigenvalue weighted by Crippen LogP contribution is -1.88. The van der Waals surface area contributed by atoms with Crippen LogP contribution in [0, 0.1) is 10.1 Å². The van der Waals surface area contributed by atoms with Crippen molar-refractivity contribution >= 4 is 40.1 Å². The molecular formula is C9H8ClN3O2S. The number of thioether (sulfide) groups is 1. The van der Waals surface area contributed by atoms with Crippen molar-refractivity contribution in [1.29, 1.82) is 0 Å². The lowest BCUT2D eigenvalue weighted by Gasteiger charge is -1.90. The Morgan fingerprint density at radius 1 is 1.56 bits per heavy atom. The highest BCUT2D eigenvalue weighted by molar-refractivity contribution is 7.99. The average Bonchev–Trinajstić information content (AvgIpc) is 2.68. The van der Waals surface area contributed by atoms with Crippen molar-refractivity contribution < 1.29 is 4.92 Å². The maximum Gasteiger partial charge on any atom is 0.297 e. The van der Waals surface area contributed by atoms with Gasteiger partial charge in [-0.15, -0.1) is 11.6 Å². The molecule has 0 atom stereocenters. The molecule has 0 aliphatic heterocycles. The third-order valence-corrected chi connectivity index (χ3v) is 3.27. The van der Waals surface area contributed by atoms with E-state index >= 15 is 0 Å². The third-order valence-electron chi connectivity index (χ3n) is 1.98. The van der Waals surface area contributed by atoms with E-state index in [0.29, 0.717) is 22.1 Å². The normalized spacial score (nSPS) is 10.8. The number of alkyl halides is 1. The summed E-state index contributed by atoms with van der Waals surface area (Å²) in [5, 5.41) is 11.4. The van der Waals surface area contributed by atoms with Crippen LogP contribution < -0.4 is 0 Å². The predicted octanol–water partition coefficient (Wildman–Crippen LogP) is 2.80. The first-order chi connectivity index (χ1) is 7.72. The van der Waals surface area contributed by atoms with Crippen LogP contribution in [0.15, 0.2) is 23.4 Å². The molecule has 0 unspecified atom stereocenters. The lowest BCUT2D eigenvalue weighted by atomic mass is 10.3. The van der Waals surface area contributed by atoms with Crippen molar-refractivity contribution in [2.45, 2.75) is 5.16 Å². The highest BCUT2D eigenvalue weighted by Gasteiger charge is 2.15. The second-order valence-electron chi connectivity index (χ2n) is 3.01. The fourth-order valence-electron chi connectivity index (χ4n) is 1.35. The average molecular weight is 258 g/mol. The van der Waals surface area contributed by atoms with Crippen molar-refractivity contribution in [2.75, 3.05) is 11.6 Å². The van der Waals surface area contributed by atoms with Crippen LogP contribution in [0.3, 0.4) is 0 Å². The number of aromatic nitrogens is 2. The van der Waals surface area contributed by atoms with Crippen molar-refractivity contribution in [1.82, 2.24) is 9.97 Å². The number of nitro benzene ring substituents is 1. The van der Waals surface area contributed by atoms with Gasteiger partial charge >= 0.3 is 0 Å². The summed E-state index contributed by atoms with van der Waals surface area (Å²) in [6, 6.07) is 4.84. The standard InChI is InChI=1S/C9H8ClN3O2S/c10-4-5-16-9-11-6-2-1-3-7(13(14)15)8(6)12-9/h1-3H,4-5H2,(H,11,12). The van der Waals surface area contributed by atoms with Crippen molar-refractivity contribution in [3.05, 3.63) is 28.3 Å². The number of aromatic amines is 1. The zero-order valence-electron chi connectivity index (χ0n) is 8.14. The van der Waals surface area contributed by atoms with E-state index in [1.54, 1.807) is 12.1 Å². The maximum absolute atomic E-state index is 10.8. The number of imidazole rings is 1. The zero-order chi connectivity index (χ0) is 11.5. The monoisotopic (exact) mass is 257 g/mol. The van der Waals surface area contributed by atoms with E-state index in [9.17, 15) is 10.1 Å². The largest absolute Gasteiger partial charge is 0.333 e. The number of nitro groups is 1. The Hall–Kier alpha value is -1.27. The van der Waals surface area contributed by atoms with Gasteiger partial charge in [-0.25, -0.2) is 4.98 Å². The summed E-state index contributed by atoms with van der Waals surface area (Å²) in [5.41, 5.74) is 1.09. The number of fused-ring (bicyclic) bond motifs is 1. The Labute approximate surface area is 100 Å². The van der Waals surface area contributed by atoms with Gasteiger partial charge in [-0.1, -0.05) is 17.8 Å². The van der Waals surface area contributed by atoms with Crippen molar-refractivity contribution in [3.8, 4) is 0 Å². The van der Waals surface area contributed by atoms with Crippen LogP contribution in [-0.4, -0.2) is 26.5 Å². The maximum atomic E-state index is 10.8. The summed E-state index contributed by atoms with van der Waals surface area (Å²) in [6.07, 6.45) is 0. The molecule has 1 aromatic carbocycles. The number of halogens is 1.